The van der Waals surface area contributed by atoms with Crippen LogP contribution < -0.4 is 5.32 Å². The van der Waals surface area contributed by atoms with Gasteiger partial charge in [0.1, 0.15) is 0 Å². The fraction of sp³-hybridized carbons (Fsp3) is 0.500. The highest BCUT2D eigenvalue weighted by Gasteiger charge is 2.13. The van der Waals surface area contributed by atoms with Gasteiger partial charge in [0.05, 0.1) is 13.0 Å². The van der Waals surface area contributed by atoms with Crippen molar-refractivity contribution >= 4 is 17.8 Å². The van der Waals surface area contributed by atoms with Gasteiger partial charge in [0.25, 0.3) is 0 Å². The quantitative estimate of drug-likeness (QED) is 0.523. The Kier molecular flexibility index (Phi) is 4.62. The normalized spacial score (nSPS) is 9.08. The van der Waals surface area contributed by atoms with E-state index < -0.39 is 17.8 Å². The molecule has 0 fully saturated rings. The number of aliphatic carboxylic acids is 1. The third-order valence-electron chi connectivity index (χ3n) is 0.980. The molecule has 2 N–H and O–H groups in total. The summed E-state index contributed by atoms with van der Waals surface area (Å²) >= 11 is 0. The van der Waals surface area contributed by atoms with Crippen molar-refractivity contribution in [3.8, 4) is 0 Å². The van der Waals surface area contributed by atoms with Crippen LogP contribution in [0.25, 0.3) is 0 Å². The average molecular weight is 175 g/mol. The highest BCUT2D eigenvalue weighted by Crippen LogP contribution is 1.80. The molecule has 0 saturated heterocycles. The fourth-order valence-corrected chi connectivity index (χ4v) is 0.437. The molecule has 0 unspecified atom stereocenters. The van der Waals surface area contributed by atoms with E-state index in [1.807, 2.05) is 0 Å². The maximum absolute atomic E-state index is 10.6. The SMILES string of the molecule is COCCC(=O)NC(=O)C(=O)O. The van der Waals surface area contributed by atoms with Crippen LogP contribution in [0.5, 0.6) is 0 Å². The molecular formula is C6H9NO5. The molecule has 0 radical (unpaired) electrons. The van der Waals surface area contributed by atoms with Gasteiger partial charge in [-0.05, 0) is 0 Å². The van der Waals surface area contributed by atoms with E-state index >= 15 is 0 Å². The number of ether oxygens (including phenoxy) is 1. The van der Waals surface area contributed by atoms with Crippen molar-refractivity contribution in [3.05, 3.63) is 0 Å². The molecular weight excluding hydrogens is 166 g/mol. The zero-order valence-electron chi connectivity index (χ0n) is 6.49. The first kappa shape index (κ1) is 10.6. The number of imide groups is 1. The molecule has 0 rings (SSSR count). The second-order valence-corrected chi connectivity index (χ2v) is 1.93. The number of carboxylic acid groups (broad SMARTS) is 1. The van der Waals surface area contributed by atoms with Crippen LogP contribution in [0.15, 0.2) is 0 Å². The molecule has 0 aliphatic heterocycles. The number of nitrogens with one attached hydrogen (secondary N) is 1. The van der Waals surface area contributed by atoms with Crippen LogP contribution in [0.2, 0.25) is 0 Å². The Labute approximate surface area is 68.5 Å². The van der Waals surface area contributed by atoms with E-state index in [1.165, 1.54) is 7.11 Å². The molecule has 6 heteroatoms. The predicted molar refractivity (Wildman–Crippen MR) is 37.3 cm³/mol. The third kappa shape index (κ3) is 4.40. The number of hydrogen-bond donors (Lipinski definition) is 2. The van der Waals surface area contributed by atoms with E-state index in [4.69, 9.17) is 5.11 Å². The Morgan fingerprint density at radius 3 is 2.42 bits per heavy atom. The van der Waals surface area contributed by atoms with E-state index in [2.05, 4.69) is 4.74 Å². The lowest BCUT2D eigenvalue weighted by Gasteiger charge is -1.98. The summed E-state index contributed by atoms with van der Waals surface area (Å²) in [4.78, 5) is 30.9. The first-order valence-corrected chi connectivity index (χ1v) is 3.14. The van der Waals surface area contributed by atoms with Crippen LogP contribution in [0.3, 0.4) is 0 Å². The van der Waals surface area contributed by atoms with Gasteiger partial charge in [0, 0.05) is 7.11 Å². The van der Waals surface area contributed by atoms with Crippen molar-refractivity contribution in [1.29, 1.82) is 0 Å². The number of rotatable bonds is 3. The fourth-order valence-electron chi connectivity index (χ4n) is 0.437. The van der Waals surface area contributed by atoms with Gasteiger partial charge in [-0.1, -0.05) is 0 Å². The Morgan fingerprint density at radius 2 is 2.00 bits per heavy atom. The highest BCUT2D eigenvalue weighted by molar-refractivity contribution is 6.34. The van der Waals surface area contributed by atoms with Gasteiger partial charge in [0.2, 0.25) is 5.91 Å². The van der Waals surface area contributed by atoms with Gasteiger partial charge in [-0.2, -0.15) is 0 Å². The molecule has 0 heterocycles. The first-order chi connectivity index (χ1) is 5.57. The molecule has 0 bridgehead atoms. The molecule has 6 nitrogen and oxygen atoms in total. The average Bonchev–Trinajstić information content (AvgIpc) is 2.00. The lowest BCUT2D eigenvalue weighted by Crippen LogP contribution is -2.36. The minimum Gasteiger partial charge on any atom is -0.474 e. The highest BCUT2D eigenvalue weighted by atomic mass is 16.5. The molecule has 0 aromatic carbocycles. The second-order valence-electron chi connectivity index (χ2n) is 1.93. The van der Waals surface area contributed by atoms with Crippen molar-refractivity contribution in [1.82, 2.24) is 5.32 Å². The van der Waals surface area contributed by atoms with Crippen LogP contribution in [-0.4, -0.2) is 36.6 Å². The Bertz CT molecular complexity index is 200. The Balaban J connectivity index is 3.69. The molecule has 0 aliphatic carbocycles. The van der Waals surface area contributed by atoms with Crippen molar-refractivity contribution in [2.24, 2.45) is 0 Å². The monoisotopic (exact) mass is 175 g/mol. The van der Waals surface area contributed by atoms with Gasteiger partial charge in [0.15, 0.2) is 0 Å². The number of hydrogen-bond acceptors (Lipinski definition) is 4. The Hall–Kier alpha value is -1.43. The summed E-state index contributed by atoms with van der Waals surface area (Å²) < 4.78 is 4.53. The van der Waals surface area contributed by atoms with Gasteiger partial charge in [-0.15, -0.1) is 0 Å². The van der Waals surface area contributed by atoms with Crippen molar-refractivity contribution in [3.63, 3.8) is 0 Å². The molecule has 0 atom stereocenters. The molecule has 0 spiro atoms. The van der Waals surface area contributed by atoms with Crippen LogP contribution in [-0.2, 0) is 19.1 Å². The van der Waals surface area contributed by atoms with Gasteiger partial charge in [-0.3, -0.25) is 14.9 Å². The Morgan fingerprint density at radius 1 is 1.42 bits per heavy atom. The van der Waals surface area contributed by atoms with Crippen LogP contribution in [0.1, 0.15) is 6.42 Å². The van der Waals surface area contributed by atoms with E-state index in [0.717, 1.165) is 0 Å². The number of methoxy groups -OCH3 is 1. The molecule has 0 aliphatic rings. The number of carbonyl (C=O) groups is 3. The summed E-state index contributed by atoms with van der Waals surface area (Å²) in [5.74, 6) is -3.67. The first-order valence-electron chi connectivity index (χ1n) is 3.14. The van der Waals surface area contributed by atoms with Crippen molar-refractivity contribution in [2.45, 2.75) is 6.42 Å². The largest absolute Gasteiger partial charge is 0.474 e. The summed E-state index contributed by atoms with van der Waals surface area (Å²) in [6.45, 7) is 0.152. The van der Waals surface area contributed by atoms with Crippen LogP contribution in [0, 0.1) is 0 Å². The summed E-state index contributed by atoms with van der Waals surface area (Å²) in [6.07, 6.45) is -0.0322. The van der Waals surface area contributed by atoms with E-state index in [0.29, 0.717) is 0 Å². The van der Waals surface area contributed by atoms with E-state index in [1.54, 1.807) is 5.32 Å². The number of carbonyl (C=O) groups excluding carboxylic acids is 2. The molecule has 0 aromatic heterocycles. The minimum absolute atomic E-state index is 0.0322. The van der Waals surface area contributed by atoms with E-state index in [-0.39, 0.29) is 13.0 Å². The van der Waals surface area contributed by atoms with Gasteiger partial charge in [-0.25, -0.2) is 4.79 Å². The molecule has 68 valence electrons. The maximum atomic E-state index is 10.6. The second kappa shape index (κ2) is 5.25. The summed E-state index contributed by atoms with van der Waals surface area (Å²) in [5.41, 5.74) is 0. The zero-order chi connectivity index (χ0) is 9.56. The standard InChI is InChI=1S/C6H9NO5/c1-12-3-2-4(8)7-5(9)6(10)11/h2-3H2,1H3,(H,10,11)(H,7,8,9). The molecule has 12 heavy (non-hydrogen) atoms. The smallest absolute Gasteiger partial charge is 0.394 e. The van der Waals surface area contributed by atoms with Crippen molar-refractivity contribution in [2.75, 3.05) is 13.7 Å². The lowest BCUT2D eigenvalue weighted by molar-refractivity contribution is -0.151. The van der Waals surface area contributed by atoms with Gasteiger partial charge < -0.3 is 9.84 Å². The van der Waals surface area contributed by atoms with E-state index in [9.17, 15) is 14.4 Å². The lowest BCUT2D eigenvalue weighted by atomic mass is 10.4. The number of carboxylic acids is 1. The summed E-state index contributed by atoms with van der Waals surface area (Å²) in [7, 11) is 1.40. The topological polar surface area (TPSA) is 92.7 Å². The number of amides is 2. The third-order valence-corrected chi connectivity index (χ3v) is 0.980. The minimum atomic E-state index is -1.68. The maximum Gasteiger partial charge on any atom is 0.394 e. The summed E-state index contributed by atoms with van der Waals surface area (Å²) in [6, 6.07) is 0. The molecule has 0 aromatic rings. The zero-order valence-corrected chi connectivity index (χ0v) is 6.49. The van der Waals surface area contributed by atoms with Crippen LogP contribution >= 0.6 is 0 Å². The molecule has 2 amide bonds. The van der Waals surface area contributed by atoms with Crippen LogP contribution in [0.4, 0.5) is 0 Å². The summed E-state index contributed by atoms with van der Waals surface area (Å²) in [5, 5.41) is 9.72. The predicted octanol–water partition coefficient (Wildman–Crippen LogP) is -1.25. The molecule has 0 saturated carbocycles. The van der Waals surface area contributed by atoms with Gasteiger partial charge >= 0.3 is 11.9 Å². The van der Waals surface area contributed by atoms with Crippen molar-refractivity contribution < 1.29 is 24.2 Å².